The lowest BCUT2D eigenvalue weighted by atomic mass is 9.78. The molecule has 1 saturated heterocycles. The summed E-state index contributed by atoms with van der Waals surface area (Å²) < 4.78 is 5.34. The molecule has 2 fully saturated rings. The maximum Gasteiger partial charge on any atom is 0.311 e. The summed E-state index contributed by atoms with van der Waals surface area (Å²) in [4.78, 5) is 14.0. The number of hydrogen-bond acceptors (Lipinski definition) is 3. The van der Waals surface area contributed by atoms with Crippen molar-refractivity contribution in [3.8, 4) is 0 Å². The van der Waals surface area contributed by atoms with E-state index in [0.717, 1.165) is 5.92 Å². The van der Waals surface area contributed by atoms with Crippen LogP contribution in [0.25, 0.3) is 0 Å². The van der Waals surface area contributed by atoms with Gasteiger partial charge in [-0.1, -0.05) is 19.8 Å². The number of carboxylic acids is 1. The molecule has 2 rings (SSSR count). The average molecular weight is 269 g/mol. The minimum Gasteiger partial charge on any atom is -0.481 e. The minimum absolute atomic E-state index is 0.558. The third-order valence-corrected chi connectivity index (χ3v) is 4.99. The summed E-state index contributed by atoms with van der Waals surface area (Å²) in [7, 11) is 2.10. The van der Waals surface area contributed by atoms with Crippen molar-refractivity contribution in [1.29, 1.82) is 0 Å². The number of ether oxygens (including phenoxy) is 1. The predicted octanol–water partition coefficient (Wildman–Crippen LogP) is 2.38. The number of hydrogen-bond donors (Lipinski definition) is 1. The van der Waals surface area contributed by atoms with Gasteiger partial charge in [-0.15, -0.1) is 0 Å². The Morgan fingerprint density at radius 1 is 1.37 bits per heavy atom. The number of carbonyl (C=O) groups is 1. The van der Waals surface area contributed by atoms with Gasteiger partial charge < -0.3 is 14.7 Å². The molecule has 2 unspecified atom stereocenters. The largest absolute Gasteiger partial charge is 0.481 e. The minimum atomic E-state index is -0.647. The van der Waals surface area contributed by atoms with Crippen LogP contribution in [0.2, 0.25) is 0 Å². The zero-order chi connectivity index (χ0) is 13.9. The molecule has 1 heterocycles. The molecule has 0 aromatic rings. The first-order valence-corrected chi connectivity index (χ1v) is 7.55. The number of carboxylic acid groups (broad SMARTS) is 1. The smallest absolute Gasteiger partial charge is 0.311 e. The SMILES string of the molecule is CC1CCCC(N(C)CC2(C(=O)O)CCOCC2)C1. The van der Waals surface area contributed by atoms with Crippen molar-refractivity contribution in [3.63, 3.8) is 0 Å². The van der Waals surface area contributed by atoms with Gasteiger partial charge in [0.05, 0.1) is 5.41 Å². The van der Waals surface area contributed by atoms with E-state index in [0.29, 0.717) is 38.6 Å². The summed E-state index contributed by atoms with van der Waals surface area (Å²) in [6.45, 7) is 4.15. The number of aliphatic carboxylic acids is 1. The summed E-state index contributed by atoms with van der Waals surface area (Å²) in [5, 5.41) is 9.61. The Labute approximate surface area is 116 Å². The quantitative estimate of drug-likeness (QED) is 0.851. The standard InChI is InChI=1S/C15H27NO3/c1-12-4-3-5-13(10-12)16(2)11-15(14(17)18)6-8-19-9-7-15/h12-13H,3-11H2,1-2H3,(H,17,18). The molecule has 110 valence electrons. The topological polar surface area (TPSA) is 49.8 Å². The molecule has 0 aromatic heterocycles. The van der Waals surface area contributed by atoms with Crippen LogP contribution in [-0.2, 0) is 9.53 Å². The highest BCUT2D eigenvalue weighted by atomic mass is 16.5. The molecule has 0 spiro atoms. The average Bonchev–Trinajstić information content (AvgIpc) is 2.39. The van der Waals surface area contributed by atoms with Crippen molar-refractivity contribution in [2.24, 2.45) is 11.3 Å². The van der Waals surface area contributed by atoms with E-state index in [2.05, 4.69) is 18.9 Å². The first-order chi connectivity index (χ1) is 9.03. The maximum absolute atomic E-state index is 11.7. The van der Waals surface area contributed by atoms with Crippen LogP contribution in [0.1, 0.15) is 45.4 Å². The lowest BCUT2D eigenvalue weighted by Gasteiger charge is -2.41. The van der Waals surface area contributed by atoms with Crippen LogP contribution in [0.5, 0.6) is 0 Å². The number of nitrogens with zero attached hydrogens (tertiary/aromatic N) is 1. The van der Waals surface area contributed by atoms with Crippen LogP contribution in [0.4, 0.5) is 0 Å². The van der Waals surface area contributed by atoms with Crippen molar-refractivity contribution in [2.75, 3.05) is 26.8 Å². The molecule has 2 aliphatic rings. The van der Waals surface area contributed by atoms with Crippen LogP contribution in [0.3, 0.4) is 0 Å². The number of rotatable bonds is 4. The second-order valence-electron chi connectivity index (χ2n) is 6.54. The summed E-state index contributed by atoms with van der Waals surface area (Å²) >= 11 is 0. The van der Waals surface area contributed by atoms with E-state index in [1.807, 2.05) is 0 Å². The summed E-state index contributed by atoms with van der Waals surface area (Å²) in [5.74, 6) is 0.128. The molecule has 0 bridgehead atoms. The summed E-state index contributed by atoms with van der Waals surface area (Å²) in [5.41, 5.74) is -0.590. The Hall–Kier alpha value is -0.610. The molecule has 19 heavy (non-hydrogen) atoms. The van der Waals surface area contributed by atoms with E-state index in [9.17, 15) is 9.90 Å². The van der Waals surface area contributed by atoms with Gasteiger partial charge >= 0.3 is 5.97 Å². The Morgan fingerprint density at radius 3 is 2.63 bits per heavy atom. The zero-order valence-corrected chi connectivity index (χ0v) is 12.2. The second-order valence-corrected chi connectivity index (χ2v) is 6.54. The third kappa shape index (κ3) is 3.48. The highest BCUT2D eigenvalue weighted by Gasteiger charge is 2.42. The van der Waals surface area contributed by atoms with Crippen LogP contribution in [0, 0.1) is 11.3 Å². The zero-order valence-electron chi connectivity index (χ0n) is 12.2. The highest BCUT2D eigenvalue weighted by molar-refractivity contribution is 5.75. The maximum atomic E-state index is 11.7. The van der Waals surface area contributed by atoms with Gasteiger partial charge in [0.15, 0.2) is 0 Å². The molecule has 1 N–H and O–H groups in total. The normalized spacial score (nSPS) is 31.3. The molecule has 1 aliphatic heterocycles. The fourth-order valence-electron chi connectivity index (χ4n) is 3.61. The highest BCUT2D eigenvalue weighted by Crippen LogP contribution is 2.34. The molecule has 1 aliphatic carbocycles. The van der Waals surface area contributed by atoms with Gasteiger partial charge in [-0.3, -0.25) is 4.79 Å². The molecule has 4 heteroatoms. The fourth-order valence-corrected chi connectivity index (χ4v) is 3.61. The van der Waals surface area contributed by atoms with E-state index >= 15 is 0 Å². The molecule has 0 aromatic carbocycles. The van der Waals surface area contributed by atoms with Gasteiger partial charge in [-0.2, -0.15) is 0 Å². The molecular formula is C15H27NO3. The Balaban J connectivity index is 1.98. The van der Waals surface area contributed by atoms with Crippen molar-refractivity contribution >= 4 is 5.97 Å². The van der Waals surface area contributed by atoms with Crippen LogP contribution < -0.4 is 0 Å². The van der Waals surface area contributed by atoms with Crippen molar-refractivity contribution in [2.45, 2.75) is 51.5 Å². The van der Waals surface area contributed by atoms with Gasteiger partial charge in [0.1, 0.15) is 0 Å². The molecule has 0 amide bonds. The Kier molecular flexibility index (Phi) is 4.85. The molecule has 1 saturated carbocycles. The van der Waals surface area contributed by atoms with Gasteiger partial charge in [0, 0.05) is 25.8 Å². The van der Waals surface area contributed by atoms with Crippen molar-refractivity contribution in [1.82, 2.24) is 4.90 Å². The van der Waals surface area contributed by atoms with Crippen molar-refractivity contribution in [3.05, 3.63) is 0 Å². The first-order valence-electron chi connectivity index (χ1n) is 7.55. The lowest BCUT2D eigenvalue weighted by Crippen LogP contribution is -2.49. The molecule has 0 radical (unpaired) electrons. The monoisotopic (exact) mass is 269 g/mol. The summed E-state index contributed by atoms with van der Waals surface area (Å²) in [6, 6.07) is 0.558. The van der Waals surface area contributed by atoms with E-state index < -0.39 is 11.4 Å². The van der Waals surface area contributed by atoms with Crippen LogP contribution in [-0.4, -0.2) is 48.8 Å². The van der Waals surface area contributed by atoms with E-state index in [1.165, 1.54) is 25.7 Å². The Bertz CT molecular complexity index is 313. The molecular weight excluding hydrogens is 242 g/mol. The van der Waals surface area contributed by atoms with Gasteiger partial charge in [0.2, 0.25) is 0 Å². The molecule has 4 nitrogen and oxygen atoms in total. The predicted molar refractivity (Wildman–Crippen MR) is 74.2 cm³/mol. The molecule has 2 atom stereocenters. The van der Waals surface area contributed by atoms with Crippen LogP contribution in [0.15, 0.2) is 0 Å². The van der Waals surface area contributed by atoms with Gasteiger partial charge in [0.25, 0.3) is 0 Å². The first kappa shape index (κ1) is 14.8. The third-order valence-electron chi connectivity index (χ3n) is 4.99. The Morgan fingerprint density at radius 2 is 2.05 bits per heavy atom. The van der Waals surface area contributed by atoms with E-state index in [-0.39, 0.29) is 0 Å². The van der Waals surface area contributed by atoms with Gasteiger partial charge in [-0.25, -0.2) is 0 Å². The van der Waals surface area contributed by atoms with E-state index in [4.69, 9.17) is 4.74 Å². The second kappa shape index (κ2) is 6.23. The van der Waals surface area contributed by atoms with Crippen LogP contribution >= 0.6 is 0 Å². The lowest BCUT2D eigenvalue weighted by molar-refractivity contribution is -0.157. The summed E-state index contributed by atoms with van der Waals surface area (Å²) in [6.07, 6.45) is 6.32. The van der Waals surface area contributed by atoms with Crippen molar-refractivity contribution < 1.29 is 14.6 Å². The van der Waals surface area contributed by atoms with Gasteiger partial charge in [-0.05, 0) is 38.6 Å². The fraction of sp³-hybridized carbons (Fsp3) is 0.933. The van der Waals surface area contributed by atoms with E-state index in [1.54, 1.807) is 0 Å².